The molecule has 0 aromatic heterocycles. The maximum Gasteiger partial charge on any atom is 0.407 e. The number of likely N-dealkylation sites (tertiary alicyclic amines) is 1. The van der Waals surface area contributed by atoms with Gasteiger partial charge in [0.2, 0.25) is 0 Å². The summed E-state index contributed by atoms with van der Waals surface area (Å²) in [6, 6.07) is 0.810. The smallest absolute Gasteiger partial charge is 0.407 e. The Morgan fingerprint density at radius 2 is 1.62 bits per heavy atom. The monoisotopic (exact) mass is 340 g/mol. The molecular weight excluding hydrogens is 304 g/mol. The standard InChI is InChI=1S/C19H36N2O3/c1-14(2)24-17-8-6-15(7-9-17)20-12-10-16(11-13-20)21(18(22)23)19(3,4)5/h14-17H,6-13H2,1-5H3,(H,22,23). The van der Waals surface area contributed by atoms with Gasteiger partial charge >= 0.3 is 6.09 Å². The van der Waals surface area contributed by atoms with Crippen LogP contribution in [0.4, 0.5) is 4.79 Å². The third-order valence-corrected chi connectivity index (χ3v) is 5.42. The zero-order chi connectivity index (χ0) is 17.9. The number of hydrogen-bond donors (Lipinski definition) is 1. The highest BCUT2D eigenvalue weighted by molar-refractivity contribution is 5.66. The molecule has 140 valence electrons. The molecule has 1 saturated carbocycles. The third kappa shape index (κ3) is 5.09. The molecule has 5 heteroatoms. The molecular formula is C19H36N2O3. The van der Waals surface area contributed by atoms with Gasteiger partial charge in [-0.1, -0.05) is 0 Å². The Balaban J connectivity index is 1.82. The van der Waals surface area contributed by atoms with E-state index < -0.39 is 6.09 Å². The summed E-state index contributed by atoms with van der Waals surface area (Å²) in [7, 11) is 0. The fraction of sp³-hybridized carbons (Fsp3) is 0.947. The van der Waals surface area contributed by atoms with Crippen molar-refractivity contribution in [3.8, 4) is 0 Å². The number of ether oxygens (including phenoxy) is 1. The van der Waals surface area contributed by atoms with Crippen LogP contribution in [-0.2, 0) is 4.74 Å². The van der Waals surface area contributed by atoms with Crippen molar-refractivity contribution in [2.75, 3.05) is 13.1 Å². The molecule has 0 atom stereocenters. The highest BCUT2D eigenvalue weighted by Crippen LogP contribution is 2.30. The highest BCUT2D eigenvalue weighted by atomic mass is 16.5. The second-order valence-corrected chi connectivity index (χ2v) is 8.71. The van der Waals surface area contributed by atoms with Gasteiger partial charge in [-0.3, -0.25) is 0 Å². The van der Waals surface area contributed by atoms with Gasteiger partial charge in [0.15, 0.2) is 0 Å². The molecule has 2 rings (SSSR count). The second-order valence-electron chi connectivity index (χ2n) is 8.71. The molecule has 1 N–H and O–H groups in total. The van der Waals surface area contributed by atoms with Crippen LogP contribution < -0.4 is 0 Å². The van der Waals surface area contributed by atoms with Crippen LogP contribution >= 0.6 is 0 Å². The molecule has 2 aliphatic rings. The number of carbonyl (C=O) groups is 1. The lowest BCUT2D eigenvalue weighted by Crippen LogP contribution is -2.56. The minimum atomic E-state index is -0.785. The third-order valence-electron chi connectivity index (χ3n) is 5.42. The zero-order valence-corrected chi connectivity index (χ0v) is 16.1. The zero-order valence-electron chi connectivity index (χ0n) is 16.1. The number of hydrogen-bond acceptors (Lipinski definition) is 3. The van der Waals surface area contributed by atoms with Crippen LogP contribution in [0.3, 0.4) is 0 Å². The Hall–Kier alpha value is -0.810. The Bertz CT molecular complexity index is 403. The summed E-state index contributed by atoms with van der Waals surface area (Å²) >= 11 is 0. The molecule has 0 radical (unpaired) electrons. The van der Waals surface area contributed by atoms with Gasteiger partial charge in [0, 0.05) is 30.7 Å². The van der Waals surface area contributed by atoms with E-state index >= 15 is 0 Å². The minimum Gasteiger partial charge on any atom is -0.465 e. The summed E-state index contributed by atoms with van der Waals surface area (Å²) in [6.45, 7) is 12.2. The van der Waals surface area contributed by atoms with Crippen molar-refractivity contribution in [1.29, 1.82) is 0 Å². The molecule has 0 bridgehead atoms. The molecule has 1 aliphatic heterocycles. The largest absolute Gasteiger partial charge is 0.465 e. The topological polar surface area (TPSA) is 53.0 Å². The van der Waals surface area contributed by atoms with Crippen molar-refractivity contribution in [3.05, 3.63) is 0 Å². The van der Waals surface area contributed by atoms with E-state index in [1.165, 1.54) is 12.8 Å². The fourth-order valence-electron chi connectivity index (χ4n) is 4.43. The first-order valence-electron chi connectivity index (χ1n) is 9.60. The highest BCUT2D eigenvalue weighted by Gasteiger charge is 2.37. The number of rotatable bonds is 4. The number of amides is 1. The van der Waals surface area contributed by atoms with Gasteiger partial charge in [-0.25, -0.2) is 4.79 Å². The van der Waals surface area contributed by atoms with Crippen LogP contribution in [0.15, 0.2) is 0 Å². The van der Waals surface area contributed by atoms with Crippen LogP contribution in [0.5, 0.6) is 0 Å². The minimum absolute atomic E-state index is 0.152. The first-order chi connectivity index (χ1) is 11.2. The Labute approximate surface area is 147 Å². The van der Waals surface area contributed by atoms with Crippen LogP contribution in [-0.4, -0.2) is 63.9 Å². The summed E-state index contributed by atoms with van der Waals surface area (Å²) in [5.41, 5.74) is -0.328. The molecule has 1 aliphatic carbocycles. The van der Waals surface area contributed by atoms with E-state index in [9.17, 15) is 9.90 Å². The summed E-state index contributed by atoms with van der Waals surface area (Å²) in [5, 5.41) is 9.58. The van der Waals surface area contributed by atoms with Crippen molar-refractivity contribution in [1.82, 2.24) is 9.80 Å². The van der Waals surface area contributed by atoms with Gasteiger partial charge in [-0.2, -0.15) is 0 Å². The van der Waals surface area contributed by atoms with Crippen molar-refractivity contribution < 1.29 is 14.6 Å². The van der Waals surface area contributed by atoms with Crippen LogP contribution in [0, 0.1) is 0 Å². The molecule has 1 amide bonds. The lowest BCUT2D eigenvalue weighted by Gasteiger charge is -2.46. The fourth-order valence-corrected chi connectivity index (χ4v) is 4.43. The summed E-state index contributed by atoms with van der Waals surface area (Å²) in [5.74, 6) is 0. The van der Waals surface area contributed by atoms with E-state index in [-0.39, 0.29) is 11.6 Å². The maximum atomic E-state index is 11.7. The Morgan fingerprint density at radius 1 is 1.08 bits per heavy atom. The molecule has 0 aromatic carbocycles. The van der Waals surface area contributed by atoms with E-state index in [4.69, 9.17) is 4.74 Å². The average Bonchev–Trinajstić information content (AvgIpc) is 2.46. The first-order valence-corrected chi connectivity index (χ1v) is 9.60. The number of nitrogens with zero attached hydrogens (tertiary/aromatic N) is 2. The molecule has 0 aromatic rings. The van der Waals surface area contributed by atoms with E-state index in [1.807, 2.05) is 20.8 Å². The molecule has 5 nitrogen and oxygen atoms in total. The number of piperidine rings is 1. The van der Waals surface area contributed by atoms with E-state index in [2.05, 4.69) is 18.7 Å². The molecule has 1 saturated heterocycles. The maximum absolute atomic E-state index is 11.7. The molecule has 1 heterocycles. The average molecular weight is 341 g/mol. The molecule has 0 spiro atoms. The SMILES string of the molecule is CC(C)OC1CCC(N2CCC(N(C(=O)O)C(C)(C)C)CC2)CC1. The van der Waals surface area contributed by atoms with Crippen molar-refractivity contribution >= 4 is 6.09 Å². The predicted molar refractivity (Wildman–Crippen MR) is 96.5 cm³/mol. The van der Waals surface area contributed by atoms with Gasteiger partial charge in [-0.05, 0) is 73.1 Å². The molecule has 0 unspecified atom stereocenters. The summed E-state index contributed by atoms with van der Waals surface area (Å²) in [4.78, 5) is 15.9. The van der Waals surface area contributed by atoms with Gasteiger partial charge in [0.25, 0.3) is 0 Å². The molecule has 24 heavy (non-hydrogen) atoms. The van der Waals surface area contributed by atoms with Gasteiger partial charge in [0.1, 0.15) is 0 Å². The van der Waals surface area contributed by atoms with Gasteiger partial charge in [-0.15, -0.1) is 0 Å². The Morgan fingerprint density at radius 3 is 2.04 bits per heavy atom. The predicted octanol–water partition coefficient (Wildman–Crippen LogP) is 3.97. The lowest BCUT2D eigenvalue weighted by atomic mass is 9.89. The summed E-state index contributed by atoms with van der Waals surface area (Å²) < 4.78 is 5.95. The number of carboxylic acid groups (broad SMARTS) is 1. The van der Waals surface area contributed by atoms with Gasteiger partial charge in [0.05, 0.1) is 12.2 Å². The van der Waals surface area contributed by atoms with Crippen LogP contribution in [0.25, 0.3) is 0 Å². The van der Waals surface area contributed by atoms with Crippen LogP contribution in [0.2, 0.25) is 0 Å². The van der Waals surface area contributed by atoms with Gasteiger partial charge < -0.3 is 19.6 Å². The van der Waals surface area contributed by atoms with Crippen molar-refractivity contribution in [2.45, 2.75) is 103 Å². The van der Waals surface area contributed by atoms with Crippen molar-refractivity contribution in [2.24, 2.45) is 0 Å². The second kappa shape index (κ2) is 8.05. The van der Waals surface area contributed by atoms with E-state index in [0.717, 1.165) is 38.8 Å². The van der Waals surface area contributed by atoms with Crippen molar-refractivity contribution in [3.63, 3.8) is 0 Å². The van der Waals surface area contributed by atoms with Crippen LogP contribution in [0.1, 0.15) is 73.1 Å². The Kier molecular flexibility index (Phi) is 6.54. The quantitative estimate of drug-likeness (QED) is 0.841. The lowest BCUT2D eigenvalue weighted by molar-refractivity contribution is -0.0320. The normalized spacial score (nSPS) is 27.4. The van der Waals surface area contributed by atoms with E-state index in [0.29, 0.717) is 18.2 Å². The molecule has 2 fully saturated rings. The first kappa shape index (κ1) is 19.5. The summed E-state index contributed by atoms with van der Waals surface area (Å²) in [6.07, 6.45) is 6.61. The van der Waals surface area contributed by atoms with E-state index in [1.54, 1.807) is 4.90 Å².